The van der Waals surface area contributed by atoms with Gasteiger partial charge in [0, 0.05) is 6.54 Å². The fraction of sp³-hybridized carbons (Fsp3) is 0.750. The zero-order valence-corrected chi connectivity index (χ0v) is 11.6. The number of nitrogens with one attached hydrogen (secondary N) is 2. The van der Waals surface area contributed by atoms with E-state index in [2.05, 4.69) is 20.2 Å². The SMILES string of the molecule is CCc1nnsc1C(=O)NCCC1CCCNC1. The summed E-state index contributed by atoms with van der Waals surface area (Å²) >= 11 is 1.18. The lowest BCUT2D eigenvalue weighted by Gasteiger charge is -2.22. The highest BCUT2D eigenvalue weighted by Gasteiger charge is 2.16. The van der Waals surface area contributed by atoms with Gasteiger partial charge in [0.1, 0.15) is 4.88 Å². The van der Waals surface area contributed by atoms with E-state index in [1.54, 1.807) is 0 Å². The van der Waals surface area contributed by atoms with Crippen LogP contribution in [0.3, 0.4) is 0 Å². The van der Waals surface area contributed by atoms with Crippen molar-refractivity contribution in [1.29, 1.82) is 0 Å². The average Bonchev–Trinajstić information content (AvgIpc) is 2.88. The standard InChI is InChI=1S/C12H20N4OS/c1-2-10-11(18-16-15-10)12(17)14-7-5-9-4-3-6-13-8-9/h9,13H,2-8H2,1H3,(H,14,17). The van der Waals surface area contributed by atoms with Crippen molar-refractivity contribution in [2.75, 3.05) is 19.6 Å². The van der Waals surface area contributed by atoms with Crippen LogP contribution in [0.4, 0.5) is 0 Å². The van der Waals surface area contributed by atoms with Gasteiger partial charge in [-0.25, -0.2) is 0 Å². The van der Waals surface area contributed by atoms with E-state index in [1.807, 2.05) is 6.92 Å². The molecule has 1 amide bonds. The number of aromatic nitrogens is 2. The highest BCUT2D eigenvalue weighted by Crippen LogP contribution is 2.14. The molecule has 1 atom stereocenters. The Morgan fingerprint density at radius 1 is 1.61 bits per heavy atom. The predicted molar refractivity (Wildman–Crippen MR) is 71.8 cm³/mol. The van der Waals surface area contributed by atoms with Gasteiger partial charge in [-0.1, -0.05) is 11.4 Å². The van der Waals surface area contributed by atoms with Gasteiger partial charge in [0.15, 0.2) is 0 Å². The minimum atomic E-state index is -0.0226. The van der Waals surface area contributed by atoms with Crippen molar-refractivity contribution in [3.63, 3.8) is 0 Å². The van der Waals surface area contributed by atoms with E-state index < -0.39 is 0 Å². The van der Waals surface area contributed by atoms with Crippen LogP contribution in [-0.2, 0) is 6.42 Å². The number of nitrogens with zero attached hydrogens (tertiary/aromatic N) is 2. The molecule has 0 radical (unpaired) electrons. The van der Waals surface area contributed by atoms with E-state index in [4.69, 9.17) is 0 Å². The van der Waals surface area contributed by atoms with Gasteiger partial charge in [-0.05, 0) is 56.2 Å². The molecule has 2 heterocycles. The normalized spacial score (nSPS) is 19.7. The van der Waals surface area contributed by atoms with Gasteiger partial charge in [-0.2, -0.15) is 0 Å². The van der Waals surface area contributed by atoms with Gasteiger partial charge in [-0.3, -0.25) is 4.79 Å². The third-order valence-electron chi connectivity index (χ3n) is 3.33. The molecule has 1 aliphatic rings. The molecule has 1 fully saturated rings. The number of piperidine rings is 1. The maximum Gasteiger partial charge on any atom is 0.264 e. The summed E-state index contributed by atoms with van der Waals surface area (Å²) in [5, 5.41) is 10.3. The first-order valence-electron chi connectivity index (χ1n) is 6.61. The Bertz CT molecular complexity index is 387. The van der Waals surface area contributed by atoms with Gasteiger partial charge >= 0.3 is 0 Å². The lowest BCUT2D eigenvalue weighted by Crippen LogP contribution is -2.33. The molecule has 5 nitrogen and oxygen atoms in total. The van der Waals surface area contributed by atoms with Crippen molar-refractivity contribution >= 4 is 17.4 Å². The van der Waals surface area contributed by atoms with Crippen LogP contribution in [0.25, 0.3) is 0 Å². The zero-order chi connectivity index (χ0) is 12.8. The Labute approximate surface area is 112 Å². The summed E-state index contributed by atoms with van der Waals surface area (Å²) in [6.45, 7) is 4.95. The van der Waals surface area contributed by atoms with Gasteiger partial charge in [0.05, 0.1) is 5.69 Å². The molecule has 0 spiro atoms. The van der Waals surface area contributed by atoms with Crippen molar-refractivity contribution in [1.82, 2.24) is 20.2 Å². The Kier molecular flexibility index (Phi) is 5.07. The minimum absolute atomic E-state index is 0.0226. The molecule has 1 unspecified atom stereocenters. The van der Waals surface area contributed by atoms with Crippen LogP contribution < -0.4 is 10.6 Å². The molecule has 2 rings (SSSR count). The molecule has 6 heteroatoms. The molecule has 18 heavy (non-hydrogen) atoms. The highest BCUT2D eigenvalue weighted by atomic mass is 32.1. The Morgan fingerprint density at radius 2 is 2.50 bits per heavy atom. The summed E-state index contributed by atoms with van der Waals surface area (Å²) in [5.41, 5.74) is 0.803. The third kappa shape index (κ3) is 3.49. The van der Waals surface area contributed by atoms with Crippen molar-refractivity contribution < 1.29 is 4.79 Å². The molecule has 0 bridgehead atoms. The van der Waals surface area contributed by atoms with Crippen LogP contribution in [0.2, 0.25) is 0 Å². The first-order valence-corrected chi connectivity index (χ1v) is 7.38. The number of rotatable bonds is 5. The van der Waals surface area contributed by atoms with E-state index in [1.165, 1.54) is 24.4 Å². The maximum atomic E-state index is 11.9. The van der Waals surface area contributed by atoms with Crippen molar-refractivity contribution in [2.24, 2.45) is 5.92 Å². The predicted octanol–water partition coefficient (Wildman–Crippen LogP) is 1.22. The lowest BCUT2D eigenvalue weighted by molar-refractivity contribution is 0.0953. The van der Waals surface area contributed by atoms with E-state index in [0.717, 1.165) is 38.2 Å². The first-order chi connectivity index (χ1) is 8.81. The zero-order valence-electron chi connectivity index (χ0n) is 10.7. The number of amides is 1. The summed E-state index contributed by atoms with van der Waals surface area (Å²) in [6, 6.07) is 0. The molecule has 100 valence electrons. The average molecular weight is 268 g/mol. The Balaban J connectivity index is 1.74. The van der Waals surface area contributed by atoms with Crippen LogP contribution in [0.15, 0.2) is 0 Å². The molecular weight excluding hydrogens is 248 g/mol. The van der Waals surface area contributed by atoms with Crippen molar-refractivity contribution in [2.45, 2.75) is 32.6 Å². The molecule has 2 N–H and O–H groups in total. The molecule has 1 aromatic rings. The van der Waals surface area contributed by atoms with E-state index in [0.29, 0.717) is 10.8 Å². The number of carbonyl (C=O) groups is 1. The molecule has 1 aromatic heterocycles. The van der Waals surface area contributed by atoms with Gasteiger partial charge in [-0.15, -0.1) is 5.10 Å². The second-order valence-electron chi connectivity index (χ2n) is 4.66. The summed E-state index contributed by atoms with van der Waals surface area (Å²) in [6.07, 6.45) is 4.32. The Hall–Kier alpha value is -1.01. The fourth-order valence-corrected chi connectivity index (χ4v) is 2.92. The van der Waals surface area contributed by atoms with Crippen molar-refractivity contribution in [3.8, 4) is 0 Å². The fourth-order valence-electron chi connectivity index (χ4n) is 2.25. The van der Waals surface area contributed by atoms with Crippen LogP contribution >= 0.6 is 11.5 Å². The molecule has 0 saturated carbocycles. The van der Waals surface area contributed by atoms with E-state index >= 15 is 0 Å². The van der Waals surface area contributed by atoms with Crippen LogP contribution in [0, 0.1) is 5.92 Å². The Morgan fingerprint density at radius 3 is 3.22 bits per heavy atom. The number of carbonyl (C=O) groups excluding carboxylic acids is 1. The molecule has 1 saturated heterocycles. The highest BCUT2D eigenvalue weighted by molar-refractivity contribution is 7.08. The van der Waals surface area contributed by atoms with Gasteiger partial charge < -0.3 is 10.6 Å². The maximum absolute atomic E-state index is 11.9. The third-order valence-corrected chi connectivity index (χ3v) is 4.10. The summed E-state index contributed by atoms with van der Waals surface area (Å²) in [7, 11) is 0. The van der Waals surface area contributed by atoms with Gasteiger partial charge in [0.2, 0.25) is 0 Å². The monoisotopic (exact) mass is 268 g/mol. The lowest BCUT2D eigenvalue weighted by atomic mass is 9.96. The molecule has 0 aliphatic carbocycles. The minimum Gasteiger partial charge on any atom is -0.351 e. The number of hydrogen-bond donors (Lipinski definition) is 2. The summed E-state index contributed by atoms with van der Waals surface area (Å²) < 4.78 is 3.83. The quantitative estimate of drug-likeness (QED) is 0.842. The van der Waals surface area contributed by atoms with Crippen LogP contribution in [-0.4, -0.2) is 35.1 Å². The smallest absolute Gasteiger partial charge is 0.264 e. The first kappa shape index (κ1) is 13.4. The molecule has 1 aliphatic heterocycles. The second kappa shape index (κ2) is 6.80. The number of hydrogen-bond acceptors (Lipinski definition) is 5. The summed E-state index contributed by atoms with van der Waals surface area (Å²) in [4.78, 5) is 12.6. The van der Waals surface area contributed by atoms with Crippen LogP contribution in [0.1, 0.15) is 41.6 Å². The second-order valence-corrected chi connectivity index (χ2v) is 5.41. The van der Waals surface area contributed by atoms with Crippen LogP contribution in [0.5, 0.6) is 0 Å². The van der Waals surface area contributed by atoms with E-state index in [-0.39, 0.29) is 5.91 Å². The summed E-state index contributed by atoms with van der Waals surface area (Å²) in [5.74, 6) is 0.676. The molecular formula is C12H20N4OS. The van der Waals surface area contributed by atoms with Crippen molar-refractivity contribution in [3.05, 3.63) is 10.6 Å². The molecule has 0 aromatic carbocycles. The van der Waals surface area contributed by atoms with E-state index in [9.17, 15) is 4.79 Å². The topological polar surface area (TPSA) is 66.9 Å². The number of aryl methyl sites for hydroxylation is 1. The largest absolute Gasteiger partial charge is 0.351 e. The van der Waals surface area contributed by atoms with Gasteiger partial charge in [0.25, 0.3) is 5.91 Å².